The average Bonchev–Trinajstić information content (AvgIpc) is 3.16. The van der Waals surface area contributed by atoms with E-state index in [4.69, 9.17) is 0 Å². The molecule has 0 bridgehead atoms. The Morgan fingerprint density at radius 2 is 2.03 bits per heavy atom. The van der Waals surface area contributed by atoms with Crippen LogP contribution in [0.15, 0.2) is 59.2 Å². The molecule has 2 heterocycles. The summed E-state index contributed by atoms with van der Waals surface area (Å²) >= 11 is 0. The molecule has 0 aliphatic carbocycles. The van der Waals surface area contributed by atoms with Crippen LogP contribution in [0.2, 0.25) is 0 Å². The zero-order chi connectivity index (χ0) is 20.9. The Kier molecular flexibility index (Phi) is 7.09. The second-order valence-electron chi connectivity index (χ2n) is 7.82. The maximum absolute atomic E-state index is 11.8. The number of rotatable bonds is 7. The Morgan fingerprint density at radius 1 is 1.28 bits per heavy atom. The number of sulfone groups is 1. The number of nitrogens with one attached hydrogen (secondary N) is 1. The van der Waals surface area contributed by atoms with Crippen molar-refractivity contribution in [3.8, 4) is 0 Å². The number of aromatic nitrogens is 2. The number of piperidine rings is 1. The van der Waals surface area contributed by atoms with Crippen LogP contribution in [0.1, 0.15) is 49.4 Å². The third kappa shape index (κ3) is 5.67. The van der Waals surface area contributed by atoms with Gasteiger partial charge in [0.15, 0.2) is 9.84 Å². The van der Waals surface area contributed by atoms with Crippen LogP contribution in [0.5, 0.6) is 0 Å². The number of benzene rings is 1. The van der Waals surface area contributed by atoms with Crippen molar-refractivity contribution in [2.75, 3.05) is 19.3 Å². The van der Waals surface area contributed by atoms with E-state index in [-0.39, 0.29) is 0 Å². The largest absolute Gasteiger partial charge is 0.299 e. The topological polar surface area (TPSA) is 66.1 Å². The number of likely N-dealkylation sites (tertiary alicyclic amines) is 1. The Hall–Kier alpha value is -2.18. The number of nitrogens with zero attached hydrogens (tertiary/aromatic N) is 2. The lowest BCUT2D eigenvalue weighted by Crippen LogP contribution is -2.32. The van der Waals surface area contributed by atoms with Crippen molar-refractivity contribution < 1.29 is 8.42 Å². The van der Waals surface area contributed by atoms with Crippen molar-refractivity contribution in [2.45, 2.75) is 50.5 Å². The fourth-order valence-corrected chi connectivity index (χ4v) is 4.71. The highest BCUT2D eigenvalue weighted by atomic mass is 32.2. The molecule has 1 aromatic carbocycles. The van der Waals surface area contributed by atoms with E-state index in [1.807, 2.05) is 25.3 Å². The Bertz CT molecular complexity index is 981. The van der Waals surface area contributed by atoms with Gasteiger partial charge in [-0.3, -0.25) is 10.00 Å². The molecule has 6 heteroatoms. The lowest BCUT2D eigenvalue weighted by Gasteiger charge is -2.32. The number of hydrogen-bond donors (Lipinski definition) is 1. The highest BCUT2D eigenvalue weighted by Crippen LogP contribution is 2.30. The summed E-state index contributed by atoms with van der Waals surface area (Å²) in [5, 5.41) is 7.57. The SMILES string of the molecule is CC=CC(=CC)Cc1cn[nH]c1C1CCN(Cc2cccc(S(C)(=O)=O)c2)CC1. The molecule has 1 fully saturated rings. The van der Waals surface area contributed by atoms with Crippen molar-refractivity contribution in [1.82, 2.24) is 15.1 Å². The van der Waals surface area contributed by atoms with Crippen molar-refractivity contribution in [2.24, 2.45) is 0 Å². The van der Waals surface area contributed by atoms with E-state index in [0.717, 1.165) is 44.5 Å². The van der Waals surface area contributed by atoms with Gasteiger partial charge < -0.3 is 0 Å². The quantitative estimate of drug-likeness (QED) is 0.689. The summed E-state index contributed by atoms with van der Waals surface area (Å²) in [4.78, 5) is 2.80. The van der Waals surface area contributed by atoms with Gasteiger partial charge in [-0.2, -0.15) is 5.10 Å². The highest BCUT2D eigenvalue weighted by Gasteiger charge is 2.24. The summed E-state index contributed by atoms with van der Waals surface area (Å²) in [6, 6.07) is 7.30. The highest BCUT2D eigenvalue weighted by molar-refractivity contribution is 7.90. The number of H-pyrrole nitrogens is 1. The third-order valence-corrected chi connectivity index (χ3v) is 6.74. The van der Waals surface area contributed by atoms with Gasteiger partial charge in [0.05, 0.1) is 11.1 Å². The molecule has 3 rings (SSSR count). The molecule has 5 nitrogen and oxygen atoms in total. The summed E-state index contributed by atoms with van der Waals surface area (Å²) in [6.07, 6.45) is 12.7. The summed E-state index contributed by atoms with van der Waals surface area (Å²) in [7, 11) is -3.16. The summed E-state index contributed by atoms with van der Waals surface area (Å²) in [6.45, 7) is 6.90. The van der Waals surface area contributed by atoms with Crippen LogP contribution in [-0.2, 0) is 22.8 Å². The summed E-state index contributed by atoms with van der Waals surface area (Å²) < 4.78 is 23.6. The van der Waals surface area contributed by atoms with Gasteiger partial charge in [-0.25, -0.2) is 8.42 Å². The van der Waals surface area contributed by atoms with Gasteiger partial charge in [0.25, 0.3) is 0 Å². The molecule has 0 unspecified atom stereocenters. The van der Waals surface area contributed by atoms with Gasteiger partial charge in [-0.05, 0) is 68.6 Å². The molecule has 0 saturated carbocycles. The predicted molar refractivity (Wildman–Crippen MR) is 118 cm³/mol. The van der Waals surface area contributed by atoms with Crippen LogP contribution >= 0.6 is 0 Å². The van der Waals surface area contributed by atoms with Crippen LogP contribution in [0.4, 0.5) is 0 Å². The zero-order valence-electron chi connectivity index (χ0n) is 17.6. The maximum atomic E-state index is 11.8. The van der Waals surface area contributed by atoms with Crippen molar-refractivity contribution in [3.63, 3.8) is 0 Å². The fourth-order valence-electron chi connectivity index (χ4n) is 4.02. The molecule has 0 spiro atoms. The van der Waals surface area contributed by atoms with E-state index >= 15 is 0 Å². The summed E-state index contributed by atoms with van der Waals surface area (Å²) in [5.41, 5.74) is 4.92. The molecular formula is C23H31N3O2S. The molecule has 156 valence electrons. The molecule has 2 aromatic rings. The van der Waals surface area contributed by atoms with Crippen molar-refractivity contribution >= 4 is 9.84 Å². The molecular weight excluding hydrogens is 382 g/mol. The van der Waals surface area contributed by atoms with Gasteiger partial charge >= 0.3 is 0 Å². The summed E-state index contributed by atoms with van der Waals surface area (Å²) in [5.74, 6) is 0.495. The molecule has 1 aliphatic heterocycles. The molecule has 29 heavy (non-hydrogen) atoms. The van der Waals surface area contributed by atoms with E-state index in [1.165, 1.54) is 23.1 Å². The maximum Gasteiger partial charge on any atom is 0.175 e. The van der Waals surface area contributed by atoms with Gasteiger partial charge in [0.2, 0.25) is 0 Å². The van der Waals surface area contributed by atoms with Crippen LogP contribution in [0.3, 0.4) is 0 Å². The number of allylic oxidation sites excluding steroid dienone is 4. The Balaban J connectivity index is 1.61. The Morgan fingerprint density at radius 3 is 2.69 bits per heavy atom. The van der Waals surface area contributed by atoms with E-state index < -0.39 is 9.84 Å². The predicted octanol–water partition coefficient (Wildman–Crippen LogP) is 4.26. The van der Waals surface area contributed by atoms with E-state index in [9.17, 15) is 8.42 Å². The standard InChI is InChI=1S/C23H31N3O2S/c1-4-7-18(5-2)14-21-16-24-25-23(21)20-10-12-26(13-11-20)17-19-8-6-9-22(15-19)29(3,27)28/h4-9,15-16,20H,10-14,17H2,1-3H3,(H,24,25). The Labute approximate surface area is 174 Å². The monoisotopic (exact) mass is 413 g/mol. The van der Waals surface area contributed by atoms with E-state index in [1.54, 1.807) is 12.1 Å². The average molecular weight is 414 g/mol. The molecule has 0 radical (unpaired) electrons. The zero-order valence-corrected chi connectivity index (χ0v) is 18.4. The minimum atomic E-state index is -3.16. The molecule has 1 saturated heterocycles. The number of aromatic amines is 1. The first-order valence-electron chi connectivity index (χ1n) is 10.2. The van der Waals surface area contributed by atoms with Gasteiger partial charge in [0.1, 0.15) is 0 Å². The third-order valence-electron chi connectivity index (χ3n) is 5.63. The molecule has 1 N–H and O–H groups in total. The first-order valence-corrected chi connectivity index (χ1v) is 12.1. The normalized spacial score (nSPS) is 17.3. The minimum Gasteiger partial charge on any atom is -0.299 e. The second-order valence-corrected chi connectivity index (χ2v) is 9.84. The minimum absolute atomic E-state index is 0.396. The van der Waals surface area contributed by atoms with E-state index in [0.29, 0.717) is 10.8 Å². The number of hydrogen-bond acceptors (Lipinski definition) is 4. The molecule has 0 atom stereocenters. The molecule has 0 amide bonds. The van der Waals surface area contributed by atoms with Crippen LogP contribution in [0.25, 0.3) is 0 Å². The van der Waals surface area contributed by atoms with Gasteiger partial charge in [-0.15, -0.1) is 0 Å². The van der Waals surface area contributed by atoms with Gasteiger partial charge in [0, 0.05) is 30.8 Å². The second kappa shape index (κ2) is 9.55. The first-order chi connectivity index (χ1) is 13.9. The van der Waals surface area contributed by atoms with Crippen LogP contribution in [-0.4, -0.2) is 42.9 Å². The van der Waals surface area contributed by atoms with Gasteiger partial charge in [-0.1, -0.05) is 30.4 Å². The fraction of sp³-hybridized carbons (Fsp3) is 0.435. The van der Waals surface area contributed by atoms with Crippen LogP contribution < -0.4 is 0 Å². The lowest BCUT2D eigenvalue weighted by atomic mass is 9.89. The van der Waals surface area contributed by atoms with Crippen molar-refractivity contribution in [3.05, 3.63) is 71.1 Å². The lowest BCUT2D eigenvalue weighted by molar-refractivity contribution is 0.203. The smallest absolute Gasteiger partial charge is 0.175 e. The first kappa shape index (κ1) is 21.5. The molecule has 1 aliphatic rings. The van der Waals surface area contributed by atoms with Crippen molar-refractivity contribution in [1.29, 1.82) is 0 Å². The van der Waals surface area contributed by atoms with E-state index in [2.05, 4.69) is 40.2 Å². The van der Waals surface area contributed by atoms with Crippen LogP contribution in [0, 0.1) is 0 Å². The molecule has 1 aromatic heterocycles.